The quantitative estimate of drug-likeness (QED) is 0.197. The van der Waals surface area contributed by atoms with Gasteiger partial charge in [-0.25, -0.2) is 14.2 Å². The molecular weight excluding hydrogens is 535 g/mol. The first-order valence-electron chi connectivity index (χ1n) is 11.3. The SMILES string of the molecule is Cc1cn([C@@H]2CO[C@H](CO)[C@H]2OP(=O)(O)OC[C@H]2O[C@@H](n3cc(C)c(=S)[nH]c3=O)C[C@@H]2O)c(=O)[nH]c1=O. The van der Waals surface area contributed by atoms with Crippen molar-refractivity contribution >= 4 is 20.0 Å². The second-order valence-electron chi connectivity index (χ2n) is 8.85. The highest BCUT2D eigenvalue weighted by Gasteiger charge is 2.45. The molecule has 4 heterocycles. The molecule has 204 valence electrons. The summed E-state index contributed by atoms with van der Waals surface area (Å²) in [6.45, 7) is 1.87. The maximum absolute atomic E-state index is 12.8. The topological polar surface area (TPSA) is 207 Å². The van der Waals surface area contributed by atoms with Crippen LogP contribution in [0.15, 0.2) is 26.8 Å². The number of phosphoric ester groups is 1. The number of aryl methyl sites for hydroxylation is 2. The van der Waals surface area contributed by atoms with Crippen molar-refractivity contribution in [2.45, 2.75) is 57.0 Å². The van der Waals surface area contributed by atoms with Gasteiger partial charge < -0.3 is 24.6 Å². The van der Waals surface area contributed by atoms with Crippen LogP contribution in [0.5, 0.6) is 0 Å². The third-order valence-corrected chi connectivity index (χ3v) is 7.64. The number of H-pyrrole nitrogens is 2. The van der Waals surface area contributed by atoms with Gasteiger partial charge in [0.15, 0.2) is 0 Å². The van der Waals surface area contributed by atoms with Crippen LogP contribution in [-0.4, -0.2) is 78.4 Å². The Bertz CT molecular complexity index is 1430. The largest absolute Gasteiger partial charge is 0.472 e. The van der Waals surface area contributed by atoms with Crippen molar-refractivity contribution in [2.75, 3.05) is 19.8 Å². The standard InChI is InChI=1S/C20H27N4O11PS/c1-9-4-23(19(28)21-17(9)27)11-7-32-13(6-25)16(11)35-36(30,31)33-8-14-12(26)3-15(34-14)24-5-10(2)18(37)22-20(24)29/h4-5,11-16,25-26H,3,6-8H2,1-2H3,(H,30,31)(H,21,27,28)(H,22,29,37)/t11-,12+,13-,14-,15-,16+/m1/s1. The first kappa shape index (κ1) is 27.8. The molecule has 17 heteroatoms. The molecule has 2 aromatic rings. The molecule has 1 unspecified atom stereocenters. The number of rotatable bonds is 8. The van der Waals surface area contributed by atoms with Gasteiger partial charge in [0.2, 0.25) is 0 Å². The molecule has 2 fully saturated rings. The van der Waals surface area contributed by atoms with Gasteiger partial charge >= 0.3 is 19.2 Å². The summed E-state index contributed by atoms with van der Waals surface area (Å²) in [6.07, 6.45) is -2.68. The molecule has 0 saturated carbocycles. The summed E-state index contributed by atoms with van der Waals surface area (Å²) in [6, 6.07) is -0.958. The van der Waals surface area contributed by atoms with Gasteiger partial charge in [-0.05, 0) is 13.8 Å². The van der Waals surface area contributed by atoms with Gasteiger partial charge in [-0.2, -0.15) is 0 Å². The second-order valence-corrected chi connectivity index (χ2v) is 10.7. The molecule has 0 bridgehead atoms. The summed E-state index contributed by atoms with van der Waals surface area (Å²) in [5.74, 6) is 0. The Labute approximate surface area is 213 Å². The van der Waals surface area contributed by atoms with Crippen LogP contribution in [0.1, 0.15) is 29.8 Å². The molecular formula is C20H27N4O11PS. The van der Waals surface area contributed by atoms with E-state index < -0.39 is 74.7 Å². The molecule has 37 heavy (non-hydrogen) atoms. The fraction of sp³-hybridized carbons (Fsp3) is 0.600. The molecule has 5 N–H and O–H groups in total. The molecule has 2 aliphatic rings. The zero-order chi connectivity index (χ0) is 27.1. The summed E-state index contributed by atoms with van der Waals surface area (Å²) in [5, 5.41) is 20.0. The van der Waals surface area contributed by atoms with Crippen molar-refractivity contribution in [2.24, 2.45) is 0 Å². The van der Waals surface area contributed by atoms with E-state index in [1.165, 1.54) is 23.9 Å². The summed E-state index contributed by atoms with van der Waals surface area (Å²) in [5.41, 5.74) is -1.09. The first-order chi connectivity index (χ1) is 17.4. The van der Waals surface area contributed by atoms with E-state index >= 15 is 0 Å². The molecule has 7 atom stereocenters. The van der Waals surface area contributed by atoms with Crippen LogP contribution in [-0.2, 0) is 23.1 Å². The van der Waals surface area contributed by atoms with Crippen LogP contribution >= 0.6 is 20.0 Å². The Balaban J connectivity index is 1.45. The molecule has 2 aliphatic heterocycles. The lowest BCUT2D eigenvalue weighted by atomic mass is 10.1. The summed E-state index contributed by atoms with van der Waals surface area (Å²) in [4.78, 5) is 51.3. The number of aliphatic hydroxyl groups is 2. The Hall–Kier alpha value is -2.27. The van der Waals surface area contributed by atoms with Gasteiger partial charge in [-0.1, -0.05) is 12.2 Å². The number of aromatic nitrogens is 4. The number of nitrogens with zero attached hydrogens (tertiary/aromatic N) is 2. The number of hydrogen-bond acceptors (Lipinski definition) is 11. The molecule has 0 spiro atoms. The molecule has 2 saturated heterocycles. The van der Waals surface area contributed by atoms with E-state index in [1.54, 1.807) is 6.92 Å². The average Bonchev–Trinajstić information content (AvgIpc) is 3.39. The van der Waals surface area contributed by atoms with E-state index in [9.17, 15) is 34.1 Å². The van der Waals surface area contributed by atoms with Crippen molar-refractivity contribution in [3.63, 3.8) is 0 Å². The summed E-state index contributed by atoms with van der Waals surface area (Å²) in [7, 11) is -4.84. The Morgan fingerprint density at radius 2 is 1.81 bits per heavy atom. The van der Waals surface area contributed by atoms with Crippen molar-refractivity contribution in [3.8, 4) is 0 Å². The lowest BCUT2D eigenvalue weighted by Gasteiger charge is -2.26. The highest BCUT2D eigenvalue weighted by atomic mass is 32.1. The molecule has 15 nitrogen and oxygen atoms in total. The third-order valence-electron chi connectivity index (χ3n) is 6.23. The number of ether oxygens (including phenoxy) is 2. The van der Waals surface area contributed by atoms with Crippen LogP contribution < -0.4 is 16.9 Å². The van der Waals surface area contributed by atoms with Crippen molar-refractivity contribution < 1.29 is 38.2 Å². The Kier molecular flexibility index (Phi) is 8.13. The zero-order valence-electron chi connectivity index (χ0n) is 19.8. The van der Waals surface area contributed by atoms with Crippen molar-refractivity contribution in [3.05, 3.63) is 59.5 Å². The van der Waals surface area contributed by atoms with Crippen LogP contribution in [0, 0.1) is 18.5 Å². The number of aromatic amines is 2. The average molecular weight is 562 g/mol. The first-order valence-corrected chi connectivity index (χ1v) is 13.2. The van der Waals surface area contributed by atoms with E-state index in [-0.39, 0.29) is 23.2 Å². The number of aliphatic hydroxyl groups excluding tert-OH is 2. The summed E-state index contributed by atoms with van der Waals surface area (Å²) < 4.78 is 36.8. The minimum Gasteiger partial charge on any atom is -0.394 e. The van der Waals surface area contributed by atoms with E-state index in [0.29, 0.717) is 5.56 Å². The molecule has 0 amide bonds. The fourth-order valence-electron chi connectivity index (χ4n) is 4.21. The van der Waals surface area contributed by atoms with Gasteiger partial charge in [0.25, 0.3) is 5.56 Å². The molecule has 4 rings (SSSR count). The summed E-state index contributed by atoms with van der Waals surface area (Å²) >= 11 is 5.03. The van der Waals surface area contributed by atoms with E-state index in [1.807, 2.05) is 0 Å². The third kappa shape index (κ3) is 5.92. The lowest BCUT2D eigenvalue weighted by Crippen LogP contribution is -2.40. The Morgan fingerprint density at radius 1 is 1.14 bits per heavy atom. The van der Waals surface area contributed by atoms with Crippen LogP contribution in [0.25, 0.3) is 0 Å². The fourth-order valence-corrected chi connectivity index (χ4v) is 5.33. The molecule has 2 aromatic heterocycles. The predicted molar refractivity (Wildman–Crippen MR) is 128 cm³/mol. The van der Waals surface area contributed by atoms with Crippen LogP contribution in [0.2, 0.25) is 0 Å². The lowest BCUT2D eigenvalue weighted by molar-refractivity contribution is -0.0520. The highest BCUT2D eigenvalue weighted by molar-refractivity contribution is 7.71. The van der Waals surface area contributed by atoms with Gasteiger partial charge in [0.05, 0.1) is 32.0 Å². The zero-order valence-corrected chi connectivity index (χ0v) is 21.5. The van der Waals surface area contributed by atoms with Gasteiger partial charge in [0, 0.05) is 29.9 Å². The normalized spacial score (nSPS) is 29.4. The molecule has 0 aliphatic carbocycles. The second kappa shape index (κ2) is 10.8. The number of hydrogen-bond donors (Lipinski definition) is 5. The molecule has 0 aromatic carbocycles. The maximum Gasteiger partial charge on any atom is 0.472 e. The Morgan fingerprint density at radius 3 is 2.51 bits per heavy atom. The molecule has 0 radical (unpaired) electrons. The smallest absolute Gasteiger partial charge is 0.394 e. The van der Waals surface area contributed by atoms with E-state index in [4.69, 9.17) is 30.7 Å². The van der Waals surface area contributed by atoms with Crippen LogP contribution in [0.4, 0.5) is 0 Å². The maximum atomic E-state index is 12.8. The van der Waals surface area contributed by atoms with Gasteiger partial charge in [-0.15, -0.1) is 0 Å². The number of nitrogens with one attached hydrogen (secondary N) is 2. The van der Waals surface area contributed by atoms with Gasteiger partial charge in [0.1, 0.15) is 29.2 Å². The van der Waals surface area contributed by atoms with Crippen LogP contribution in [0.3, 0.4) is 0 Å². The van der Waals surface area contributed by atoms with Crippen molar-refractivity contribution in [1.82, 2.24) is 19.1 Å². The van der Waals surface area contributed by atoms with E-state index in [0.717, 1.165) is 4.57 Å². The van der Waals surface area contributed by atoms with Crippen molar-refractivity contribution in [1.29, 1.82) is 0 Å². The minimum atomic E-state index is -4.84. The highest BCUT2D eigenvalue weighted by Crippen LogP contribution is 2.49. The minimum absolute atomic E-state index is 0.00811. The predicted octanol–water partition coefficient (Wildman–Crippen LogP) is -0.844. The monoisotopic (exact) mass is 562 g/mol. The van der Waals surface area contributed by atoms with Gasteiger partial charge in [-0.3, -0.25) is 32.9 Å². The van der Waals surface area contributed by atoms with E-state index in [2.05, 4.69) is 9.97 Å². The number of phosphoric acid groups is 1.